The Kier molecular flexibility index (Phi) is 5.27. The van der Waals surface area contributed by atoms with Gasteiger partial charge in [0.05, 0.1) is 26.4 Å². The lowest BCUT2D eigenvalue weighted by atomic mass is 10.2. The number of hydrogen-bond donors (Lipinski definition) is 0. The van der Waals surface area contributed by atoms with Gasteiger partial charge >= 0.3 is 0 Å². The van der Waals surface area contributed by atoms with Crippen molar-refractivity contribution in [3.05, 3.63) is 35.4 Å². The molecule has 2 rings (SSSR count). The number of rotatable bonds is 0. The first-order chi connectivity index (χ1) is 6.79. The minimum atomic E-state index is 0.778. The Morgan fingerprint density at radius 1 is 0.714 bits per heavy atom. The van der Waals surface area contributed by atoms with Gasteiger partial charge in [0.2, 0.25) is 0 Å². The predicted molar refractivity (Wildman–Crippen MR) is 57.6 cm³/mol. The van der Waals surface area contributed by atoms with E-state index in [1.54, 1.807) is 0 Å². The van der Waals surface area contributed by atoms with E-state index in [9.17, 15) is 0 Å². The molecule has 1 aliphatic rings. The van der Waals surface area contributed by atoms with Crippen LogP contribution in [0.5, 0.6) is 0 Å². The third-order valence-electron chi connectivity index (χ3n) is 1.96. The maximum absolute atomic E-state index is 4.94. The van der Waals surface area contributed by atoms with E-state index in [-0.39, 0.29) is 0 Å². The number of aryl methyl sites for hydroxylation is 2. The van der Waals surface area contributed by atoms with Crippen molar-refractivity contribution >= 4 is 0 Å². The first kappa shape index (κ1) is 11.2. The molecular formula is C12H18O2. The third-order valence-corrected chi connectivity index (χ3v) is 1.96. The van der Waals surface area contributed by atoms with Gasteiger partial charge in [-0.2, -0.15) is 0 Å². The number of ether oxygens (including phenoxy) is 2. The van der Waals surface area contributed by atoms with E-state index in [2.05, 4.69) is 38.1 Å². The highest BCUT2D eigenvalue weighted by molar-refractivity contribution is 5.19. The Hall–Kier alpha value is -0.860. The van der Waals surface area contributed by atoms with Crippen molar-refractivity contribution in [2.45, 2.75) is 13.8 Å². The molecule has 0 saturated carbocycles. The van der Waals surface area contributed by atoms with Gasteiger partial charge in [0.15, 0.2) is 0 Å². The molecule has 0 spiro atoms. The molecule has 0 atom stereocenters. The summed E-state index contributed by atoms with van der Waals surface area (Å²) in [7, 11) is 0. The van der Waals surface area contributed by atoms with Crippen LogP contribution in [0.25, 0.3) is 0 Å². The molecule has 1 aliphatic heterocycles. The van der Waals surface area contributed by atoms with Crippen molar-refractivity contribution in [2.75, 3.05) is 26.4 Å². The van der Waals surface area contributed by atoms with Crippen LogP contribution in [0.3, 0.4) is 0 Å². The zero-order valence-electron chi connectivity index (χ0n) is 8.95. The Balaban J connectivity index is 0.000000146. The van der Waals surface area contributed by atoms with Gasteiger partial charge in [-0.15, -0.1) is 0 Å². The maximum atomic E-state index is 4.94. The molecule has 2 heteroatoms. The van der Waals surface area contributed by atoms with Crippen LogP contribution in [0, 0.1) is 13.8 Å². The van der Waals surface area contributed by atoms with E-state index in [4.69, 9.17) is 9.47 Å². The summed E-state index contributed by atoms with van der Waals surface area (Å²) < 4.78 is 9.89. The Morgan fingerprint density at radius 2 is 1.00 bits per heavy atom. The monoisotopic (exact) mass is 194 g/mol. The van der Waals surface area contributed by atoms with Crippen molar-refractivity contribution in [1.29, 1.82) is 0 Å². The topological polar surface area (TPSA) is 18.5 Å². The number of benzene rings is 1. The summed E-state index contributed by atoms with van der Waals surface area (Å²) in [6.07, 6.45) is 0. The van der Waals surface area contributed by atoms with Crippen LogP contribution in [0.1, 0.15) is 11.1 Å². The third kappa shape index (κ3) is 5.00. The zero-order valence-corrected chi connectivity index (χ0v) is 8.95. The maximum Gasteiger partial charge on any atom is 0.0701 e. The van der Waals surface area contributed by atoms with Gasteiger partial charge in [-0.3, -0.25) is 0 Å². The Morgan fingerprint density at radius 3 is 1.21 bits per heavy atom. The molecule has 0 bridgehead atoms. The summed E-state index contributed by atoms with van der Waals surface area (Å²) >= 11 is 0. The molecule has 0 unspecified atom stereocenters. The zero-order chi connectivity index (χ0) is 10.2. The molecule has 1 aromatic carbocycles. The molecule has 0 radical (unpaired) electrons. The molecule has 78 valence electrons. The summed E-state index contributed by atoms with van der Waals surface area (Å²) in [6.45, 7) is 7.30. The highest BCUT2D eigenvalue weighted by atomic mass is 16.6. The first-order valence-electron chi connectivity index (χ1n) is 4.98. The lowest BCUT2D eigenvalue weighted by Gasteiger charge is -2.09. The van der Waals surface area contributed by atoms with Gasteiger partial charge in [0, 0.05) is 0 Å². The average Bonchev–Trinajstić information content (AvgIpc) is 2.26. The second-order valence-corrected chi connectivity index (χ2v) is 3.38. The van der Waals surface area contributed by atoms with Crippen LogP contribution >= 0.6 is 0 Å². The summed E-state index contributed by atoms with van der Waals surface area (Å²) in [6, 6.07) is 8.48. The van der Waals surface area contributed by atoms with Gasteiger partial charge in [-0.25, -0.2) is 0 Å². The molecule has 1 saturated heterocycles. The van der Waals surface area contributed by atoms with Crippen molar-refractivity contribution in [3.8, 4) is 0 Å². The highest BCUT2D eigenvalue weighted by Crippen LogP contribution is 1.99. The van der Waals surface area contributed by atoms with E-state index in [0.717, 1.165) is 26.4 Å². The number of hydrogen-bond acceptors (Lipinski definition) is 2. The standard InChI is InChI=1S/C8H10.C4H8O2/c1-7-3-5-8(2)6-4-7;1-2-6-4-3-5-1/h3-6H,1-2H3;1-4H2. The predicted octanol–water partition coefficient (Wildman–Crippen LogP) is 2.34. The second kappa shape index (κ2) is 6.57. The molecule has 1 aromatic rings. The minimum Gasteiger partial charge on any atom is -0.377 e. The largest absolute Gasteiger partial charge is 0.377 e. The normalized spacial score (nSPS) is 15.6. The van der Waals surface area contributed by atoms with E-state index in [0.29, 0.717) is 0 Å². The summed E-state index contributed by atoms with van der Waals surface area (Å²) in [5.41, 5.74) is 2.66. The van der Waals surface area contributed by atoms with Gasteiger partial charge in [-0.1, -0.05) is 35.4 Å². The van der Waals surface area contributed by atoms with Crippen LogP contribution < -0.4 is 0 Å². The molecule has 0 amide bonds. The van der Waals surface area contributed by atoms with Crippen molar-refractivity contribution in [1.82, 2.24) is 0 Å². The van der Waals surface area contributed by atoms with Crippen LogP contribution in [0.2, 0.25) is 0 Å². The minimum absolute atomic E-state index is 0.778. The fraction of sp³-hybridized carbons (Fsp3) is 0.500. The molecule has 1 heterocycles. The lowest BCUT2D eigenvalue weighted by Crippen LogP contribution is -2.16. The summed E-state index contributed by atoms with van der Waals surface area (Å²) in [5.74, 6) is 0. The van der Waals surface area contributed by atoms with Crippen LogP contribution in [-0.2, 0) is 9.47 Å². The van der Waals surface area contributed by atoms with Crippen molar-refractivity contribution in [3.63, 3.8) is 0 Å². The molecule has 14 heavy (non-hydrogen) atoms. The van der Waals surface area contributed by atoms with Crippen molar-refractivity contribution in [2.24, 2.45) is 0 Å². The fourth-order valence-corrected chi connectivity index (χ4v) is 1.08. The van der Waals surface area contributed by atoms with E-state index >= 15 is 0 Å². The lowest BCUT2D eigenvalue weighted by molar-refractivity contribution is -0.0334. The van der Waals surface area contributed by atoms with Gasteiger partial charge in [-0.05, 0) is 13.8 Å². The van der Waals surface area contributed by atoms with E-state index < -0.39 is 0 Å². The quantitative estimate of drug-likeness (QED) is 0.631. The van der Waals surface area contributed by atoms with Gasteiger partial charge in [0.25, 0.3) is 0 Å². The smallest absolute Gasteiger partial charge is 0.0701 e. The SMILES string of the molecule is C1COCCO1.Cc1ccc(C)cc1. The van der Waals surface area contributed by atoms with Gasteiger partial charge in [0.1, 0.15) is 0 Å². The molecule has 0 N–H and O–H groups in total. The van der Waals surface area contributed by atoms with Crippen LogP contribution in [0.4, 0.5) is 0 Å². The van der Waals surface area contributed by atoms with Gasteiger partial charge < -0.3 is 9.47 Å². The van der Waals surface area contributed by atoms with E-state index in [1.165, 1.54) is 11.1 Å². The van der Waals surface area contributed by atoms with Crippen molar-refractivity contribution < 1.29 is 9.47 Å². The highest BCUT2D eigenvalue weighted by Gasteiger charge is 1.94. The molecule has 2 nitrogen and oxygen atoms in total. The van der Waals surface area contributed by atoms with Crippen LogP contribution in [0.15, 0.2) is 24.3 Å². The Bertz CT molecular complexity index is 204. The molecule has 1 fully saturated rings. The second-order valence-electron chi connectivity index (χ2n) is 3.38. The molecule has 0 aromatic heterocycles. The fourth-order valence-electron chi connectivity index (χ4n) is 1.08. The first-order valence-corrected chi connectivity index (χ1v) is 4.98. The summed E-state index contributed by atoms with van der Waals surface area (Å²) in [5, 5.41) is 0. The average molecular weight is 194 g/mol. The molecular weight excluding hydrogens is 176 g/mol. The Labute approximate surface area is 85.8 Å². The van der Waals surface area contributed by atoms with E-state index in [1.807, 2.05) is 0 Å². The molecule has 0 aliphatic carbocycles. The summed E-state index contributed by atoms with van der Waals surface area (Å²) in [4.78, 5) is 0. The van der Waals surface area contributed by atoms with Crippen LogP contribution in [-0.4, -0.2) is 26.4 Å².